The Morgan fingerprint density at radius 3 is 2.75 bits per heavy atom. The van der Waals surface area contributed by atoms with Crippen molar-refractivity contribution in [3.8, 4) is 0 Å². The van der Waals surface area contributed by atoms with Crippen LogP contribution in [-0.2, 0) is 0 Å². The molecule has 0 spiro atoms. The highest BCUT2D eigenvalue weighted by Gasteiger charge is 2.14. The van der Waals surface area contributed by atoms with Crippen LogP contribution >= 0.6 is 11.6 Å². The van der Waals surface area contributed by atoms with Crippen LogP contribution in [0.1, 0.15) is 10.4 Å². The number of nitrogens with zero attached hydrogens (tertiary/aromatic N) is 2. The fraction of sp³-hybridized carbons (Fsp3) is 0. The average molecular weight is 296 g/mol. The van der Waals surface area contributed by atoms with Crippen molar-refractivity contribution in [2.45, 2.75) is 0 Å². The molecule has 0 fully saturated rings. The summed E-state index contributed by atoms with van der Waals surface area (Å²) < 4.78 is 12.9. The van der Waals surface area contributed by atoms with E-state index >= 15 is 0 Å². The monoisotopic (exact) mass is 295 g/mol. The Morgan fingerprint density at radius 1 is 1.35 bits per heavy atom. The molecule has 1 amide bonds. The second-order valence-electron chi connectivity index (χ2n) is 3.75. The Bertz CT molecular complexity index is 693. The fourth-order valence-electron chi connectivity index (χ4n) is 1.48. The lowest BCUT2D eigenvalue weighted by Gasteiger charge is -2.04. The van der Waals surface area contributed by atoms with Gasteiger partial charge in [-0.15, -0.1) is 0 Å². The second-order valence-corrected chi connectivity index (χ2v) is 4.19. The van der Waals surface area contributed by atoms with Crippen LogP contribution in [0, 0.1) is 16.1 Å². The maximum absolute atomic E-state index is 12.9. The van der Waals surface area contributed by atoms with Crippen LogP contribution in [-0.4, -0.2) is 15.8 Å². The molecule has 0 bridgehead atoms. The zero-order valence-corrected chi connectivity index (χ0v) is 10.6. The van der Waals surface area contributed by atoms with Gasteiger partial charge in [-0.1, -0.05) is 17.7 Å². The topological polar surface area (TPSA) is 85.1 Å². The summed E-state index contributed by atoms with van der Waals surface area (Å²) in [6.45, 7) is 0. The summed E-state index contributed by atoms with van der Waals surface area (Å²) in [4.78, 5) is 25.4. The van der Waals surface area contributed by atoms with Crippen molar-refractivity contribution in [3.05, 3.63) is 63.0 Å². The molecule has 2 rings (SSSR count). The smallest absolute Gasteiger partial charge is 0.271 e. The molecule has 1 aromatic carbocycles. The van der Waals surface area contributed by atoms with Crippen molar-refractivity contribution in [2.75, 3.05) is 5.32 Å². The lowest BCUT2D eigenvalue weighted by Crippen LogP contribution is -2.13. The molecule has 0 aliphatic carbocycles. The average Bonchev–Trinajstić information content (AvgIpc) is 2.37. The van der Waals surface area contributed by atoms with Gasteiger partial charge in [0.1, 0.15) is 5.82 Å². The van der Waals surface area contributed by atoms with Gasteiger partial charge in [0, 0.05) is 22.7 Å². The molecular weight excluding hydrogens is 289 g/mol. The number of nitro benzene ring substituents is 1. The SMILES string of the molecule is O=C(Nc1cccc(F)n1)c1cc(Cl)cc([N+](=O)[O-])c1. The first-order valence-electron chi connectivity index (χ1n) is 5.34. The number of halogens is 2. The van der Waals surface area contributed by atoms with E-state index in [2.05, 4.69) is 10.3 Å². The van der Waals surface area contributed by atoms with Gasteiger partial charge in [0.25, 0.3) is 11.6 Å². The predicted molar refractivity (Wildman–Crippen MR) is 70.3 cm³/mol. The molecule has 8 heteroatoms. The van der Waals surface area contributed by atoms with Crippen LogP contribution in [0.15, 0.2) is 36.4 Å². The minimum Gasteiger partial charge on any atom is -0.306 e. The van der Waals surface area contributed by atoms with E-state index in [1.165, 1.54) is 18.2 Å². The lowest BCUT2D eigenvalue weighted by molar-refractivity contribution is -0.384. The van der Waals surface area contributed by atoms with Gasteiger partial charge >= 0.3 is 0 Å². The molecule has 0 saturated carbocycles. The van der Waals surface area contributed by atoms with E-state index in [9.17, 15) is 19.3 Å². The van der Waals surface area contributed by atoms with Crippen molar-refractivity contribution >= 4 is 29.0 Å². The highest BCUT2D eigenvalue weighted by Crippen LogP contribution is 2.21. The van der Waals surface area contributed by atoms with E-state index in [4.69, 9.17) is 11.6 Å². The highest BCUT2D eigenvalue weighted by atomic mass is 35.5. The van der Waals surface area contributed by atoms with Crippen molar-refractivity contribution < 1.29 is 14.1 Å². The molecule has 1 aromatic heterocycles. The van der Waals surface area contributed by atoms with Crippen LogP contribution in [0.2, 0.25) is 5.02 Å². The molecule has 2 aromatic rings. The standard InChI is InChI=1S/C12H7ClFN3O3/c13-8-4-7(5-9(6-8)17(19)20)12(18)16-11-3-1-2-10(14)15-11/h1-6H,(H,15,16,18). The van der Waals surface area contributed by atoms with Gasteiger partial charge in [-0.3, -0.25) is 14.9 Å². The Hall–Kier alpha value is -2.54. The molecule has 0 radical (unpaired) electrons. The minimum atomic E-state index is -0.750. The number of amides is 1. The van der Waals surface area contributed by atoms with Crippen LogP contribution in [0.4, 0.5) is 15.9 Å². The first-order chi connectivity index (χ1) is 9.45. The number of nitro groups is 1. The van der Waals surface area contributed by atoms with E-state index in [0.29, 0.717) is 0 Å². The molecule has 0 aliphatic heterocycles. The number of non-ortho nitro benzene ring substituents is 1. The first kappa shape index (κ1) is 13.9. The number of rotatable bonds is 3. The highest BCUT2D eigenvalue weighted by molar-refractivity contribution is 6.31. The van der Waals surface area contributed by atoms with Gasteiger partial charge in [-0.05, 0) is 18.2 Å². The number of anilines is 1. The summed E-state index contributed by atoms with van der Waals surface area (Å²) in [6, 6.07) is 7.35. The molecule has 20 heavy (non-hydrogen) atoms. The summed E-state index contributed by atoms with van der Waals surface area (Å²) in [5.74, 6) is -1.42. The number of hydrogen-bond acceptors (Lipinski definition) is 4. The largest absolute Gasteiger partial charge is 0.306 e. The zero-order chi connectivity index (χ0) is 14.7. The van der Waals surface area contributed by atoms with Crippen molar-refractivity contribution in [1.82, 2.24) is 4.98 Å². The van der Waals surface area contributed by atoms with Crippen LogP contribution in [0.25, 0.3) is 0 Å². The van der Waals surface area contributed by atoms with E-state index in [-0.39, 0.29) is 22.1 Å². The van der Waals surface area contributed by atoms with E-state index in [1.54, 1.807) is 0 Å². The Kier molecular flexibility index (Phi) is 3.90. The summed E-state index contributed by atoms with van der Waals surface area (Å²) in [6.07, 6.45) is 0. The van der Waals surface area contributed by atoms with Gasteiger partial charge in [-0.25, -0.2) is 4.98 Å². The van der Waals surface area contributed by atoms with Crippen LogP contribution < -0.4 is 5.32 Å². The molecule has 0 aliphatic rings. The summed E-state index contributed by atoms with van der Waals surface area (Å²) >= 11 is 5.71. The van der Waals surface area contributed by atoms with Gasteiger partial charge in [0.2, 0.25) is 5.95 Å². The van der Waals surface area contributed by atoms with Crippen LogP contribution in [0.5, 0.6) is 0 Å². The number of carbonyl (C=O) groups is 1. The third-order valence-corrected chi connectivity index (χ3v) is 2.53. The van der Waals surface area contributed by atoms with Gasteiger partial charge in [0.15, 0.2) is 0 Å². The van der Waals surface area contributed by atoms with Gasteiger partial charge < -0.3 is 5.32 Å². The summed E-state index contributed by atoms with van der Waals surface area (Å²) in [5, 5.41) is 13.1. The second kappa shape index (κ2) is 5.62. The third kappa shape index (κ3) is 3.27. The maximum atomic E-state index is 12.9. The fourth-order valence-corrected chi connectivity index (χ4v) is 1.71. The molecular formula is C12H7ClFN3O3. The molecule has 0 unspecified atom stereocenters. The number of pyridine rings is 1. The van der Waals surface area contributed by atoms with Crippen molar-refractivity contribution in [3.63, 3.8) is 0 Å². The van der Waals surface area contributed by atoms with E-state index < -0.39 is 16.8 Å². The van der Waals surface area contributed by atoms with Gasteiger partial charge in [0.05, 0.1) is 4.92 Å². The lowest BCUT2D eigenvalue weighted by atomic mass is 10.2. The van der Waals surface area contributed by atoms with E-state index in [1.807, 2.05) is 0 Å². The number of nitrogens with one attached hydrogen (secondary N) is 1. The molecule has 0 atom stereocenters. The minimum absolute atomic E-state index is 0.00220. The van der Waals surface area contributed by atoms with Crippen molar-refractivity contribution in [1.29, 1.82) is 0 Å². The van der Waals surface area contributed by atoms with E-state index in [0.717, 1.165) is 18.2 Å². The first-order valence-corrected chi connectivity index (χ1v) is 5.72. The van der Waals surface area contributed by atoms with Crippen LogP contribution in [0.3, 0.4) is 0 Å². The molecule has 102 valence electrons. The number of aromatic nitrogens is 1. The van der Waals surface area contributed by atoms with Gasteiger partial charge in [-0.2, -0.15) is 4.39 Å². The molecule has 0 saturated heterocycles. The molecule has 1 N–H and O–H groups in total. The zero-order valence-electron chi connectivity index (χ0n) is 9.84. The maximum Gasteiger partial charge on any atom is 0.271 e. The summed E-state index contributed by atoms with van der Waals surface area (Å²) in [5.41, 5.74) is -0.329. The summed E-state index contributed by atoms with van der Waals surface area (Å²) in [7, 11) is 0. The number of benzene rings is 1. The normalized spacial score (nSPS) is 10.1. The Balaban J connectivity index is 2.27. The predicted octanol–water partition coefficient (Wildman–Crippen LogP) is 3.03. The van der Waals surface area contributed by atoms with Crippen molar-refractivity contribution in [2.24, 2.45) is 0 Å². The Labute approximate surface area is 117 Å². The number of hydrogen-bond donors (Lipinski definition) is 1. The quantitative estimate of drug-likeness (QED) is 0.536. The Morgan fingerprint density at radius 2 is 2.10 bits per heavy atom. The third-order valence-electron chi connectivity index (χ3n) is 2.31. The molecule has 1 heterocycles. The molecule has 6 nitrogen and oxygen atoms in total. The number of carbonyl (C=O) groups excluding carboxylic acids is 1.